The van der Waals surface area contributed by atoms with E-state index in [1.165, 1.54) is 12.8 Å². The minimum atomic E-state index is 0.802. The second-order valence-corrected chi connectivity index (χ2v) is 3.69. The summed E-state index contributed by atoms with van der Waals surface area (Å²) in [6, 6.07) is 0. The first kappa shape index (κ1) is 9.24. The average Bonchev–Trinajstić information content (AvgIpc) is 2.69. The van der Waals surface area contributed by atoms with Crippen LogP contribution >= 0.6 is 0 Å². The van der Waals surface area contributed by atoms with E-state index in [9.17, 15) is 0 Å². The Labute approximate surface area is 84.1 Å². The second-order valence-electron chi connectivity index (χ2n) is 3.69. The lowest BCUT2D eigenvalue weighted by atomic mass is 10.1. The summed E-state index contributed by atoms with van der Waals surface area (Å²) in [7, 11) is 0. The minimum Gasteiger partial charge on any atom is -0.359 e. The van der Waals surface area contributed by atoms with Gasteiger partial charge in [-0.15, -0.1) is 0 Å². The topological polar surface area (TPSA) is 44.9 Å². The molecule has 0 spiro atoms. The molecule has 1 fully saturated rings. The molecule has 1 saturated heterocycles. The van der Waals surface area contributed by atoms with E-state index in [-0.39, 0.29) is 0 Å². The van der Waals surface area contributed by atoms with Crippen LogP contribution in [0.5, 0.6) is 0 Å². The van der Waals surface area contributed by atoms with E-state index in [1.54, 1.807) is 6.20 Å². The third-order valence-electron chi connectivity index (χ3n) is 2.66. The van der Waals surface area contributed by atoms with Gasteiger partial charge in [0.15, 0.2) is 0 Å². The van der Waals surface area contributed by atoms with E-state index in [0.29, 0.717) is 0 Å². The highest BCUT2D eigenvalue weighted by molar-refractivity contribution is 5.79. The smallest absolute Gasteiger partial charge is 0.0958 e. The molecule has 0 bridgehead atoms. The number of piperidine rings is 1. The van der Waals surface area contributed by atoms with Crippen LogP contribution in [0.15, 0.2) is 18.7 Å². The number of amidine groups is 1. The maximum absolute atomic E-state index is 7.78. The van der Waals surface area contributed by atoms with Crippen molar-refractivity contribution in [2.45, 2.75) is 25.8 Å². The molecule has 0 atom stereocenters. The zero-order valence-corrected chi connectivity index (χ0v) is 8.32. The van der Waals surface area contributed by atoms with Crippen molar-refractivity contribution in [2.24, 2.45) is 0 Å². The lowest BCUT2D eigenvalue weighted by molar-refractivity contribution is 0.351. The minimum absolute atomic E-state index is 0.802. The Bertz CT molecular complexity index is 291. The van der Waals surface area contributed by atoms with Gasteiger partial charge in [0.1, 0.15) is 0 Å². The molecule has 0 unspecified atom stereocenters. The van der Waals surface area contributed by atoms with Crippen molar-refractivity contribution in [3.05, 3.63) is 18.7 Å². The highest BCUT2D eigenvalue weighted by Crippen LogP contribution is 2.10. The van der Waals surface area contributed by atoms with Crippen molar-refractivity contribution < 1.29 is 0 Å². The summed E-state index contributed by atoms with van der Waals surface area (Å²) in [6.07, 6.45) is 8.94. The molecule has 1 aliphatic rings. The zero-order chi connectivity index (χ0) is 9.80. The number of aromatic nitrogens is 2. The average molecular weight is 192 g/mol. The molecular formula is C10H16N4. The van der Waals surface area contributed by atoms with Crippen LogP contribution in [0, 0.1) is 5.41 Å². The van der Waals surface area contributed by atoms with E-state index < -0.39 is 0 Å². The van der Waals surface area contributed by atoms with Gasteiger partial charge in [0, 0.05) is 38.4 Å². The van der Waals surface area contributed by atoms with Crippen molar-refractivity contribution in [3.63, 3.8) is 0 Å². The molecule has 4 nitrogen and oxygen atoms in total. The van der Waals surface area contributed by atoms with Crippen molar-refractivity contribution in [3.8, 4) is 0 Å². The maximum atomic E-state index is 7.78. The number of rotatable bonds is 3. The number of imidazole rings is 1. The molecule has 2 heterocycles. The van der Waals surface area contributed by atoms with Crippen LogP contribution in [0.4, 0.5) is 0 Å². The van der Waals surface area contributed by atoms with Crippen molar-refractivity contribution >= 4 is 5.84 Å². The number of nitrogens with one attached hydrogen (secondary N) is 1. The highest BCUT2D eigenvalue weighted by Gasteiger charge is 2.13. The van der Waals surface area contributed by atoms with E-state index in [1.807, 2.05) is 12.5 Å². The maximum Gasteiger partial charge on any atom is 0.0958 e. The predicted octanol–water partition coefficient (Wildman–Crippen LogP) is 1.35. The van der Waals surface area contributed by atoms with E-state index in [0.717, 1.165) is 31.9 Å². The van der Waals surface area contributed by atoms with Gasteiger partial charge in [0.2, 0.25) is 0 Å². The molecule has 76 valence electrons. The summed E-state index contributed by atoms with van der Waals surface area (Å²) in [5.74, 6) is 0.802. The Morgan fingerprint density at radius 2 is 2.29 bits per heavy atom. The quantitative estimate of drug-likeness (QED) is 0.785. The Hall–Kier alpha value is -1.32. The molecule has 0 radical (unpaired) electrons. The second kappa shape index (κ2) is 4.26. The number of hydrogen-bond acceptors (Lipinski definition) is 2. The molecular weight excluding hydrogens is 176 g/mol. The monoisotopic (exact) mass is 192 g/mol. The van der Waals surface area contributed by atoms with Gasteiger partial charge in [-0.1, -0.05) is 0 Å². The summed E-state index contributed by atoms with van der Waals surface area (Å²) in [6.45, 7) is 2.92. The molecule has 0 aromatic carbocycles. The van der Waals surface area contributed by atoms with Gasteiger partial charge in [-0.3, -0.25) is 5.41 Å². The fourth-order valence-corrected chi connectivity index (χ4v) is 1.79. The first-order valence-electron chi connectivity index (χ1n) is 5.14. The van der Waals surface area contributed by atoms with Gasteiger partial charge in [0.05, 0.1) is 12.2 Å². The fourth-order valence-electron chi connectivity index (χ4n) is 1.79. The molecule has 1 aromatic heterocycles. The van der Waals surface area contributed by atoms with Gasteiger partial charge < -0.3 is 9.47 Å². The van der Waals surface area contributed by atoms with Gasteiger partial charge in [-0.05, 0) is 12.8 Å². The lowest BCUT2D eigenvalue weighted by Gasteiger charge is -2.29. The summed E-state index contributed by atoms with van der Waals surface area (Å²) in [5.41, 5.74) is 0. The van der Waals surface area contributed by atoms with E-state index in [4.69, 9.17) is 5.41 Å². The van der Waals surface area contributed by atoms with E-state index >= 15 is 0 Å². The summed E-state index contributed by atoms with van der Waals surface area (Å²) >= 11 is 0. The number of nitrogens with zero attached hydrogens (tertiary/aromatic N) is 3. The lowest BCUT2D eigenvalue weighted by Crippen LogP contribution is -2.36. The van der Waals surface area contributed by atoms with Crippen LogP contribution in [0.25, 0.3) is 0 Å². The third-order valence-corrected chi connectivity index (χ3v) is 2.66. The molecule has 4 heteroatoms. The van der Waals surface area contributed by atoms with E-state index in [2.05, 4.69) is 14.5 Å². The number of likely N-dealkylation sites (tertiary alicyclic amines) is 1. The van der Waals surface area contributed by atoms with Crippen LogP contribution in [-0.4, -0.2) is 33.4 Å². The van der Waals surface area contributed by atoms with Crippen LogP contribution < -0.4 is 0 Å². The molecule has 1 aliphatic heterocycles. The summed E-state index contributed by atoms with van der Waals surface area (Å²) in [4.78, 5) is 6.17. The van der Waals surface area contributed by atoms with Crippen molar-refractivity contribution in [2.75, 3.05) is 13.1 Å². The van der Waals surface area contributed by atoms with Crippen LogP contribution in [0.1, 0.15) is 19.3 Å². The van der Waals surface area contributed by atoms with Crippen molar-refractivity contribution in [1.82, 2.24) is 14.5 Å². The van der Waals surface area contributed by atoms with Crippen LogP contribution in [0.2, 0.25) is 0 Å². The first-order valence-corrected chi connectivity index (χ1v) is 5.14. The molecule has 0 aliphatic carbocycles. The van der Waals surface area contributed by atoms with Gasteiger partial charge in [-0.2, -0.15) is 0 Å². The largest absolute Gasteiger partial charge is 0.359 e. The molecule has 1 aromatic rings. The standard InChI is InChI=1S/C10H16N4/c11-10-3-1-2-5-14(10)8-7-13-6-4-12-9-13/h4,6,9,11H,1-3,5,7-8H2. The molecule has 1 N–H and O–H groups in total. The first-order chi connectivity index (χ1) is 6.86. The van der Waals surface area contributed by atoms with Crippen LogP contribution in [0.3, 0.4) is 0 Å². The van der Waals surface area contributed by atoms with Gasteiger partial charge in [0.25, 0.3) is 0 Å². The van der Waals surface area contributed by atoms with Crippen LogP contribution in [-0.2, 0) is 6.54 Å². The fraction of sp³-hybridized carbons (Fsp3) is 0.600. The SMILES string of the molecule is N=C1CCCCN1CCn1ccnc1. The Morgan fingerprint density at radius 1 is 1.36 bits per heavy atom. The Morgan fingerprint density at radius 3 is 3.00 bits per heavy atom. The molecule has 2 rings (SSSR count). The molecule has 14 heavy (non-hydrogen) atoms. The molecule has 0 amide bonds. The van der Waals surface area contributed by atoms with Gasteiger partial charge in [-0.25, -0.2) is 4.98 Å². The zero-order valence-electron chi connectivity index (χ0n) is 8.32. The Kier molecular flexibility index (Phi) is 2.81. The molecule has 0 saturated carbocycles. The Balaban J connectivity index is 1.82. The highest BCUT2D eigenvalue weighted by atomic mass is 15.2. The third kappa shape index (κ3) is 2.13. The predicted molar refractivity (Wildman–Crippen MR) is 55.4 cm³/mol. The van der Waals surface area contributed by atoms with Gasteiger partial charge >= 0.3 is 0 Å². The summed E-state index contributed by atoms with van der Waals surface area (Å²) in [5, 5.41) is 7.78. The summed E-state index contributed by atoms with van der Waals surface area (Å²) < 4.78 is 2.06. The normalized spacial score (nSPS) is 17.4. The number of hydrogen-bond donors (Lipinski definition) is 1. The van der Waals surface area contributed by atoms with Crippen molar-refractivity contribution in [1.29, 1.82) is 5.41 Å².